The number of hydrogen-bond donors (Lipinski definition) is 4. The van der Waals surface area contributed by atoms with Gasteiger partial charge in [-0.3, -0.25) is 9.82 Å². The van der Waals surface area contributed by atoms with Crippen LogP contribution in [-0.4, -0.2) is 34.8 Å². The van der Waals surface area contributed by atoms with Gasteiger partial charge < -0.3 is 10.2 Å². The van der Waals surface area contributed by atoms with Crippen molar-refractivity contribution in [1.82, 2.24) is 10.2 Å². The van der Waals surface area contributed by atoms with Crippen LogP contribution in [0, 0.1) is 6.92 Å². The number of H-pyrrole nitrogens is 1. The van der Waals surface area contributed by atoms with Crippen LogP contribution in [0.2, 0.25) is 0 Å². The molecule has 0 unspecified atom stereocenters. The van der Waals surface area contributed by atoms with Crippen molar-refractivity contribution in [1.29, 1.82) is 0 Å². The summed E-state index contributed by atoms with van der Waals surface area (Å²) in [5.41, 5.74) is -0.368. The Morgan fingerprint density at radius 1 is 1.40 bits per heavy atom. The molecule has 0 aliphatic heterocycles. The molecule has 9 heteroatoms. The zero-order valence-corrected chi connectivity index (χ0v) is 11.1. The molecule has 0 saturated heterocycles. The lowest BCUT2D eigenvalue weighted by atomic mass is 10.3. The first-order chi connectivity index (χ1) is 9.31. The fourth-order valence-corrected chi connectivity index (χ4v) is 3.04. The van der Waals surface area contributed by atoms with Crippen molar-refractivity contribution in [3.05, 3.63) is 35.7 Å². The summed E-state index contributed by atoms with van der Waals surface area (Å²) < 4.78 is 26.6. The van der Waals surface area contributed by atoms with E-state index in [1.807, 2.05) is 0 Å². The number of phenolic OH excluding ortho intramolecular Hbond substituents is 1. The number of nitrogens with zero attached hydrogens (tertiary/aromatic N) is 1. The largest absolute Gasteiger partial charge is 0.508 e. The number of nitrogens with one attached hydrogen (secondary N) is 2. The number of aromatic amines is 1. The minimum Gasteiger partial charge on any atom is -0.508 e. The minimum atomic E-state index is -4.13. The predicted molar refractivity (Wildman–Crippen MR) is 69.2 cm³/mol. The number of benzene rings is 1. The topological polar surface area (TPSA) is 132 Å². The molecule has 0 atom stereocenters. The first-order valence-electron chi connectivity index (χ1n) is 5.41. The van der Waals surface area contributed by atoms with Gasteiger partial charge in [0.2, 0.25) is 0 Å². The summed E-state index contributed by atoms with van der Waals surface area (Å²) in [6.07, 6.45) is 0. The third kappa shape index (κ3) is 2.57. The van der Waals surface area contributed by atoms with Crippen LogP contribution in [0.25, 0.3) is 0 Å². The van der Waals surface area contributed by atoms with Crippen LogP contribution in [0.4, 0.5) is 5.69 Å². The smallest absolute Gasteiger partial charge is 0.357 e. The number of aromatic carboxylic acids is 1. The summed E-state index contributed by atoms with van der Waals surface area (Å²) >= 11 is 0. The van der Waals surface area contributed by atoms with E-state index in [1.54, 1.807) is 0 Å². The maximum Gasteiger partial charge on any atom is 0.357 e. The molecule has 0 radical (unpaired) electrons. The summed E-state index contributed by atoms with van der Waals surface area (Å²) in [6.45, 7) is 1.40. The maximum atomic E-state index is 12.2. The van der Waals surface area contributed by atoms with Gasteiger partial charge in [-0.05, 0) is 19.1 Å². The molecule has 0 aliphatic carbocycles. The van der Waals surface area contributed by atoms with E-state index in [2.05, 4.69) is 14.9 Å². The van der Waals surface area contributed by atoms with Crippen LogP contribution in [0.15, 0.2) is 29.2 Å². The Balaban J connectivity index is 2.46. The van der Waals surface area contributed by atoms with Gasteiger partial charge in [-0.2, -0.15) is 5.10 Å². The van der Waals surface area contributed by atoms with Gasteiger partial charge in [-0.1, -0.05) is 6.07 Å². The van der Waals surface area contributed by atoms with Crippen molar-refractivity contribution in [2.24, 2.45) is 0 Å². The Bertz CT molecular complexity index is 766. The van der Waals surface area contributed by atoms with Crippen LogP contribution in [0.1, 0.15) is 16.2 Å². The second-order valence-corrected chi connectivity index (χ2v) is 5.61. The van der Waals surface area contributed by atoms with Gasteiger partial charge in [-0.15, -0.1) is 0 Å². The Kier molecular flexibility index (Phi) is 3.36. The number of hydrogen-bond acceptors (Lipinski definition) is 5. The van der Waals surface area contributed by atoms with Crippen molar-refractivity contribution in [3.63, 3.8) is 0 Å². The summed E-state index contributed by atoms with van der Waals surface area (Å²) in [4.78, 5) is 10.5. The average molecular weight is 297 g/mol. The van der Waals surface area contributed by atoms with Gasteiger partial charge in [0.1, 0.15) is 10.6 Å². The number of aromatic nitrogens is 2. The molecule has 0 bridgehead atoms. The molecule has 1 heterocycles. The molecule has 20 heavy (non-hydrogen) atoms. The minimum absolute atomic E-state index is 0.107. The number of sulfonamides is 1. The maximum absolute atomic E-state index is 12.2. The Morgan fingerprint density at radius 3 is 2.70 bits per heavy atom. The molecule has 8 nitrogen and oxygen atoms in total. The lowest BCUT2D eigenvalue weighted by molar-refractivity contribution is 0.0686. The monoisotopic (exact) mass is 297 g/mol. The summed E-state index contributed by atoms with van der Waals surface area (Å²) in [5.74, 6) is -1.57. The SMILES string of the molecule is Cc1[nH]nc(C(=O)O)c1S(=O)(=O)Nc1cccc(O)c1. The molecule has 106 valence electrons. The fraction of sp³-hybridized carbons (Fsp3) is 0.0909. The molecule has 2 aromatic rings. The molecule has 0 saturated carbocycles. The number of anilines is 1. The highest BCUT2D eigenvalue weighted by Crippen LogP contribution is 2.23. The van der Waals surface area contributed by atoms with E-state index in [4.69, 9.17) is 5.11 Å². The van der Waals surface area contributed by atoms with Crippen molar-refractivity contribution < 1.29 is 23.4 Å². The highest BCUT2D eigenvalue weighted by atomic mass is 32.2. The highest BCUT2D eigenvalue weighted by molar-refractivity contribution is 7.92. The van der Waals surface area contributed by atoms with Crippen LogP contribution in [0.3, 0.4) is 0 Å². The Morgan fingerprint density at radius 2 is 2.10 bits per heavy atom. The summed E-state index contributed by atoms with van der Waals surface area (Å²) in [6, 6.07) is 5.46. The van der Waals surface area contributed by atoms with Gasteiger partial charge >= 0.3 is 5.97 Å². The zero-order chi connectivity index (χ0) is 14.9. The molecule has 0 amide bonds. The Hall–Kier alpha value is -2.55. The van der Waals surface area contributed by atoms with Gasteiger partial charge in [0, 0.05) is 6.07 Å². The van der Waals surface area contributed by atoms with E-state index in [9.17, 15) is 18.3 Å². The van der Waals surface area contributed by atoms with Crippen LogP contribution in [0.5, 0.6) is 5.75 Å². The molecule has 0 aliphatic rings. The van der Waals surface area contributed by atoms with E-state index in [0.29, 0.717) is 0 Å². The molecular weight excluding hydrogens is 286 g/mol. The van der Waals surface area contributed by atoms with E-state index < -0.39 is 26.6 Å². The number of carbonyl (C=O) groups is 1. The van der Waals surface area contributed by atoms with Crippen LogP contribution < -0.4 is 4.72 Å². The molecule has 4 N–H and O–H groups in total. The normalized spacial score (nSPS) is 11.2. The van der Waals surface area contributed by atoms with Crippen molar-refractivity contribution >= 4 is 21.7 Å². The van der Waals surface area contributed by atoms with Gasteiger partial charge in [0.25, 0.3) is 10.0 Å². The fourth-order valence-electron chi connectivity index (χ4n) is 1.67. The lowest BCUT2D eigenvalue weighted by Crippen LogP contribution is -2.16. The first-order valence-corrected chi connectivity index (χ1v) is 6.89. The average Bonchev–Trinajstić information content (AvgIpc) is 2.71. The number of carboxylic acid groups (broad SMARTS) is 1. The molecule has 1 aromatic carbocycles. The molecule has 0 spiro atoms. The number of carboxylic acids is 1. The molecule has 2 rings (SSSR count). The summed E-state index contributed by atoms with van der Waals surface area (Å²) in [7, 11) is -4.13. The quantitative estimate of drug-likeness (QED) is 0.663. The highest BCUT2D eigenvalue weighted by Gasteiger charge is 2.28. The van der Waals surface area contributed by atoms with Crippen molar-refractivity contribution in [2.45, 2.75) is 11.8 Å². The lowest BCUT2D eigenvalue weighted by Gasteiger charge is -2.08. The number of aryl methyl sites for hydroxylation is 1. The van der Waals surface area contributed by atoms with Gasteiger partial charge in [0.15, 0.2) is 5.69 Å². The number of rotatable bonds is 4. The second-order valence-electron chi connectivity index (χ2n) is 3.99. The number of phenols is 1. The van der Waals surface area contributed by atoms with Gasteiger partial charge in [-0.25, -0.2) is 13.2 Å². The third-order valence-corrected chi connectivity index (χ3v) is 4.00. The zero-order valence-electron chi connectivity index (χ0n) is 10.3. The van der Waals surface area contributed by atoms with E-state index >= 15 is 0 Å². The van der Waals surface area contributed by atoms with E-state index in [0.717, 1.165) is 0 Å². The third-order valence-electron chi connectivity index (χ3n) is 2.46. The Labute approximate surface area is 114 Å². The summed E-state index contributed by atoms with van der Waals surface area (Å²) in [5, 5.41) is 24.0. The standard InChI is InChI=1S/C11H11N3O5S/c1-6-10(9(11(16)17)13-12-6)20(18,19)14-7-3-2-4-8(15)5-7/h2-5,14-15H,1H3,(H,12,13)(H,16,17). The van der Waals surface area contributed by atoms with Crippen molar-refractivity contribution in [2.75, 3.05) is 4.72 Å². The predicted octanol–water partition coefficient (Wildman–Crippen LogP) is 0.923. The molecular formula is C11H11N3O5S. The first kappa shape index (κ1) is 13.9. The number of aromatic hydroxyl groups is 1. The van der Waals surface area contributed by atoms with Crippen LogP contribution >= 0.6 is 0 Å². The van der Waals surface area contributed by atoms with Gasteiger partial charge in [0.05, 0.1) is 11.4 Å². The van der Waals surface area contributed by atoms with E-state index in [1.165, 1.54) is 31.2 Å². The van der Waals surface area contributed by atoms with Crippen LogP contribution in [-0.2, 0) is 10.0 Å². The van der Waals surface area contributed by atoms with Crippen molar-refractivity contribution in [3.8, 4) is 5.75 Å². The molecule has 0 fully saturated rings. The van der Waals surface area contributed by atoms with E-state index in [-0.39, 0.29) is 17.1 Å². The molecule has 1 aromatic heterocycles. The second kappa shape index (κ2) is 4.85.